The van der Waals surface area contributed by atoms with Gasteiger partial charge in [0.2, 0.25) is 0 Å². The molecule has 1 N–H and O–H groups in total. The molecule has 0 unspecified atom stereocenters. The lowest BCUT2D eigenvalue weighted by atomic mass is 10.0. The van der Waals surface area contributed by atoms with Crippen molar-refractivity contribution in [1.29, 1.82) is 0 Å². The van der Waals surface area contributed by atoms with Crippen LogP contribution in [0.1, 0.15) is 49.3 Å². The van der Waals surface area contributed by atoms with Gasteiger partial charge in [0.1, 0.15) is 5.58 Å². The Bertz CT molecular complexity index is 786. The fourth-order valence-corrected chi connectivity index (χ4v) is 3.36. The van der Waals surface area contributed by atoms with Gasteiger partial charge in [0.15, 0.2) is 6.10 Å². The van der Waals surface area contributed by atoms with Crippen molar-refractivity contribution in [3.8, 4) is 0 Å². The first kappa shape index (κ1) is 17.5. The Hall–Kier alpha value is -2.30. The van der Waals surface area contributed by atoms with Crippen molar-refractivity contribution < 1.29 is 18.7 Å². The SMILES string of the molecule is Cc1ccc2c(CC(=O)O[C@H](C)C(=O)NC3CCCC3)coc2c1C. The molecule has 1 aromatic heterocycles. The number of rotatable bonds is 5. The van der Waals surface area contributed by atoms with E-state index in [0.717, 1.165) is 53.3 Å². The molecular formula is C20H25NO4. The molecule has 1 aliphatic rings. The van der Waals surface area contributed by atoms with Gasteiger partial charge in [0.25, 0.3) is 5.91 Å². The summed E-state index contributed by atoms with van der Waals surface area (Å²) in [6, 6.07) is 4.19. The Morgan fingerprint density at radius 3 is 2.72 bits per heavy atom. The van der Waals surface area contributed by atoms with E-state index in [2.05, 4.69) is 5.32 Å². The first-order valence-corrected chi connectivity index (χ1v) is 8.92. The zero-order valence-electron chi connectivity index (χ0n) is 15.1. The molecule has 25 heavy (non-hydrogen) atoms. The number of furan rings is 1. The van der Waals surface area contributed by atoms with Gasteiger partial charge in [-0.3, -0.25) is 9.59 Å². The van der Waals surface area contributed by atoms with E-state index in [4.69, 9.17) is 9.15 Å². The van der Waals surface area contributed by atoms with Crippen LogP contribution in [-0.2, 0) is 20.7 Å². The van der Waals surface area contributed by atoms with Gasteiger partial charge in [-0.1, -0.05) is 25.0 Å². The van der Waals surface area contributed by atoms with Crippen LogP contribution in [-0.4, -0.2) is 24.0 Å². The molecule has 5 heteroatoms. The molecule has 3 rings (SSSR count). The van der Waals surface area contributed by atoms with Crippen LogP contribution in [0.4, 0.5) is 0 Å². The molecule has 2 aromatic rings. The first-order chi connectivity index (χ1) is 12.0. The second-order valence-electron chi connectivity index (χ2n) is 6.94. The molecule has 0 saturated heterocycles. The third-order valence-electron chi connectivity index (χ3n) is 5.06. The van der Waals surface area contributed by atoms with Crippen molar-refractivity contribution in [1.82, 2.24) is 5.32 Å². The zero-order chi connectivity index (χ0) is 18.0. The summed E-state index contributed by atoms with van der Waals surface area (Å²) in [6.45, 7) is 5.64. The molecule has 1 amide bonds. The van der Waals surface area contributed by atoms with E-state index in [1.54, 1.807) is 13.2 Å². The van der Waals surface area contributed by atoms with E-state index in [1.165, 1.54) is 0 Å². The normalized spacial score (nSPS) is 16.1. The third-order valence-corrected chi connectivity index (χ3v) is 5.06. The minimum absolute atomic E-state index is 0.0938. The number of fused-ring (bicyclic) bond motifs is 1. The summed E-state index contributed by atoms with van der Waals surface area (Å²) in [5.74, 6) is -0.640. The lowest BCUT2D eigenvalue weighted by Crippen LogP contribution is -2.41. The molecular weight excluding hydrogens is 318 g/mol. The van der Waals surface area contributed by atoms with Crippen LogP contribution < -0.4 is 5.32 Å². The van der Waals surface area contributed by atoms with Crippen LogP contribution in [0.2, 0.25) is 0 Å². The molecule has 0 radical (unpaired) electrons. The molecule has 1 fully saturated rings. The number of carbonyl (C=O) groups excluding carboxylic acids is 2. The third kappa shape index (κ3) is 3.86. The van der Waals surface area contributed by atoms with Crippen molar-refractivity contribution in [3.05, 3.63) is 35.1 Å². The quantitative estimate of drug-likeness (QED) is 0.843. The summed E-state index contributed by atoms with van der Waals surface area (Å²) in [6.07, 6.45) is 5.21. The standard InChI is InChI=1S/C20H25NO4/c1-12-8-9-17-15(11-24-19(17)13(12)2)10-18(22)25-14(3)20(23)21-16-6-4-5-7-16/h8-9,11,14,16H,4-7,10H2,1-3H3,(H,21,23)/t14-/m1/s1. The molecule has 5 nitrogen and oxygen atoms in total. The van der Waals surface area contributed by atoms with Crippen molar-refractivity contribution in [2.24, 2.45) is 0 Å². The van der Waals surface area contributed by atoms with Crippen LogP contribution in [0.3, 0.4) is 0 Å². The largest absolute Gasteiger partial charge is 0.464 e. The lowest BCUT2D eigenvalue weighted by molar-refractivity contribution is -0.154. The monoisotopic (exact) mass is 343 g/mol. The summed E-state index contributed by atoms with van der Waals surface area (Å²) < 4.78 is 10.9. The second-order valence-corrected chi connectivity index (χ2v) is 6.94. The molecule has 1 aromatic carbocycles. The number of nitrogens with one attached hydrogen (secondary N) is 1. The van der Waals surface area contributed by atoms with Gasteiger partial charge in [-0.2, -0.15) is 0 Å². The minimum Gasteiger partial charge on any atom is -0.464 e. The second kappa shape index (κ2) is 7.30. The highest BCUT2D eigenvalue weighted by Crippen LogP contribution is 2.27. The van der Waals surface area contributed by atoms with Crippen LogP contribution >= 0.6 is 0 Å². The number of hydrogen-bond donors (Lipinski definition) is 1. The molecule has 1 saturated carbocycles. The number of hydrogen-bond acceptors (Lipinski definition) is 4. The van der Waals surface area contributed by atoms with Crippen molar-refractivity contribution in [2.45, 2.75) is 65.0 Å². The van der Waals surface area contributed by atoms with Gasteiger partial charge in [0, 0.05) is 17.0 Å². The topological polar surface area (TPSA) is 68.5 Å². The van der Waals surface area contributed by atoms with E-state index >= 15 is 0 Å². The lowest BCUT2D eigenvalue weighted by Gasteiger charge is -2.17. The van der Waals surface area contributed by atoms with E-state index < -0.39 is 12.1 Å². The highest BCUT2D eigenvalue weighted by atomic mass is 16.5. The Balaban J connectivity index is 1.60. The zero-order valence-corrected chi connectivity index (χ0v) is 15.1. The molecule has 134 valence electrons. The number of esters is 1. The molecule has 0 spiro atoms. The number of aryl methyl sites for hydroxylation is 2. The van der Waals surface area contributed by atoms with Gasteiger partial charge in [-0.15, -0.1) is 0 Å². The fraction of sp³-hybridized carbons (Fsp3) is 0.500. The average Bonchev–Trinajstić information content (AvgIpc) is 3.21. The maximum atomic E-state index is 12.2. The Morgan fingerprint density at radius 1 is 1.28 bits per heavy atom. The van der Waals surface area contributed by atoms with E-state index in [1.807, 2.05) is 26.0 Å². The van der Waals surface area contributed by atoms with E-state index in [-0.39, 0.29) is 18.4 Å². The summed E-state index contributed by atoms with van der Waals surface area (Å²) in [4.78, 5) is 24.3. The van der Waals surface area contributed by atoms with Crippen molar-refractivity contribution in [3.63, 3.8) is 0 Å². The van der Waals surface area contributed by atoms with Gasteiger partial charge < -0.3 is 14.5 Å². The summed E-state index contributed by atoms with van der Waals surface area (Å²) in [5, 5.41) is 3.87. The number of benzene rings is 1. The Labute approximate surface area is 147 Å². The summed E-state index contributed by atoms with van der Waals surface area (Å²) >= 11 is 0. The molecule has 1 heterocycles. The van der Waals surface area contributed by atoms with E-state index in [9.17, 15) is 9.59 Å². The Kier molecular flexibility index (Phi) is 5.11. The number of carbonyl (C=O) groups is 2. The van der Waals surface area contributed by atoms with Gasteiger partial charge in [0.05, 0.1) is 12.7 Å². The number of ether oxygens (including phenoxy) is 1. The number of amides is 1. The average molecular weight is 343 g/mol. The molecule has 1 aliphatic carbocycles. The Morgan fingerprint density at radius 2 is 2.00 bits per heavy atom. The molecule has 1 atom stereocenters. The van der Waals surface area contributed by atoms with Gasteiger partial charge in [-0.05, 0) is 44.7 Å². The maximum Gasteiger partial charge on any atom is 0.311 e. The minimum atomic E-state index is -0.782. The molecule has 0 bridgehead atoms. The van der Waals surface area contributed by atoms with Crippen molar-refractivity contribution >= 4 is 22.8 Å². The first-order valence-electron chi connectivity index (χ1n) is 8.92. The van der Waals surface area contributed by atoms with Gasteiger partial charge in [-0.25, -0.2) is 0 Å². The smallest absolute Gasteiger partial charge is 0.311 e. The van der Waals surface area contributed by atoms with Crippen LogP contribution in [0, 0.1) is 13.8 Å². The highest BCUT2D eigenvalue weighted by Gasteiger charge is 2.23. The maximum absolute atomic E-state index is 12.2. The van der Waals surface area contributed by atoms with Gasteiger partial charge >= 0.3 is 5.97 Å². The van der Waals surface area contributed by atoms with Crippen molar-refractivity contribution in [2.75, 3.05) is 0 Å². The summed E-state index contributed by atoms with van der Waals surface area (Å²) in [7, 11) is 0. The molecule has 0 aliphatic heterocycles. The predicted molar refractivity (Wildman–Crippen MR) is 95.3 cm³/mol. The van der Waals surface area contributed by atoms with Crippen LogP contribution in [0.25, 0.3) is 11.0 Å². The summed E-state index contributed by atoms with van der Waals surface area (Å²) in [5.41, 5.74) is 3.80. The fourth-order valence-electron chi connectivity index (χ4n) is 3.36. The van der Waals surface area contributed by atoms with Crippen LogP contribution in [0.15, 0.2) is 22.8 Å². The predicted octanol–water partition coefficient (Wildman–Crippen LogP) is 3.58. The highest BCUT2D eigenvalue weighted by molar-refractivity contribution is 5.89. The van der Waals surface area contributed by atoms with Crippen LogP contribution in [0.5, 0.6) is 0 Å². The van der Waals surface area contributed by atoms with E-state index in [0.29, 0.717) is 0 Å².